The minimum atomic E-state index is -1.49. The molecule has 2 fully saturated rings. The van der Waals surface area contributed by atoms with Crippen molar-refractivity contribution in [3.05, 3.63) is 196 Å². The number of benzene rings is 6. The summed E-state index contributed by atoms with van der Waals surface area (Å²) in [7, 11) is -0.0902. The molecule has 3 nitrogen and oxygen atoms in total. The zero-order chi connectivity index (χ0) is 33.9. The summed E-state index contributed by atoms with van der Waals surface area (Å²) in [5.41, 5.74) is 3.07. The molecule has 9 rings (SSSR count). The van der Waals surface area contributed by atoms with Crippen LogP contribution in [0.5, 0.6) is 0 Å². The van der Waals surface area contributed by atoms with Gasteiger partial charge in [-0.3, -0.25) is 0 Å². The van der Waals surface area contributed by atoms with Crippen LogP contribution >= 0.6 is 16.1 Å². The van der Waals surface area contributed by atoms with E-state index in [4.69, 9.17) is 8.39 Å². The molecule has 0 N–H and O–H groups in total. The second-order valence-electron chi connectivity index (χ2n) is 12.3. The van der Waals surface area contributed by atoms with Gasteiger partial charge in [-0.05, 0) is 110 Å². The zero-order valence-corrected chi connectivity index (χ0v) is 31.3. The smallest absolute Gasteiger partial charge is 0.408 e. The molecule has 0 saturated heterocycles. The van der Waals surface area contributed by atoms with E-state index in [1.807, 2.05) is 32.1 Å². The second-order valence-corrected chi connectivity index (χ2v) is 16.0. The van der Waals surface area contributed by atoms with Crippen LogP contribution < -0.4 is 15.3 Å². The number of hydrogen-bond acceptors (Lipinski definition) is 3. The Balaban J connectivity index is 0.000000625. The van der Waals surface area contributed by atoms with Crippen LogP contribution in [-0.2, 0) is 17.1 Å². The Morgan fingerprint density at radius 2 is 0.980 bits per heavy atom. The maximum absolute atomic E-state index is 6.92. The number of rotatable bonds is 6. The summed E-state index contributed by atoms with van der Waals surface area (Å²) in [5, 5.41) is 9.57. The molecule has 1 heterocycles. The maximum atomic E-state index is 6.92. The average Bonchev–Trinajstić information content (AvgIpc) is 3.89. The topological polar surface area (TPSA) is 29.5 Å². The van der Waals surface area contributed by atoms with Gasteiger partial charge in [0.15, 0.2) is 0 Å². The molecule has 2 aliphatic carbocycles. The van der Waals surface area contributed by atoms with Crippen molar-refractivity contribution in [3.63, 3.8) is 0 Å². The van der Waals surface area contributed by atoms with Crippen LogP contribution in [-0.4, -0.2) is 13.1 Å². The summed E-state index contributed by atoms with van der Waals surface area (Å²) >= 11 is 0. The zero-order valence-electron chi connectivity index (χ0n) is 28.4. The molecule has 0 amide bonds. The molecule has 250 valence electrons. The monoisotopic (exact) mass is 741 g/mol. The first-order chi connectivity index (χ1) is 24.7. The Bertz CT molecular complexity index is 2110. The summed E-state index contributed by atoms with van der Waals surface area (Å²) in [6.45, 7) is 2.27. The number of fused-ring (bicyclic) bond motifs is 7. The Morgan fingerprint density at radius 1 is 0.529 bits per heavy atom. The molecule has 51 heavy (non-hydrogen) atoms. The molecular formula is C45H37FeNO2P2+2. The van der Waals surface area contributed by atoms with Crippen molar-refractivity contribution in [3.8, 4) is 0 Å². The molecular weight excluding hydrogens is 704 g/mol. The third-order valence-electron chi connectivity index (χ3n) is 9.30. The van der Waals surface area contributed by atoms with Gasteiger partial charge in [0, 0.05) is 35.4 Å². The Labute approximate surface area is 315 Å². The SMILES string of the molecule is C[C@@H]([C]1[CH][CH][CH][C]1P(c1ccccc1)c1ccccc1)N(C)p1oc2ccc3ccccc3c2c2c(ccc3ccccc32)o1.[CH]1[CH][CH][CH][CH]1.[Fe+2]. The van der Waals surface area contributed by atoms with E-state index in [0.29, 0.717) is 0 Å². The predicted octanol–water partition coefficient (Wildman–Crippen LogP) is 11.4. The van der Waals surface area contributed by atoms with Gasteiger partial charge in [-0.2, -0.15) is 0 Å². The van der Waals surface area contributed by atoms with Crippen LogP contribution in [0.3, 0.4) is 0 Å². The second kappa shape index (κ2) is 16.5. The van der Waals surface area contributed by atoms with Crippen molar-refractivity contribution < 1.29 is 25.5 Å². The van der Waals surface area contributed by atoms with E-state index in [9.17, 15) is 0 Å². The first-order valence-corrected chi connectivity index (χ1v) is 19.4. The molecule has 7 aromatic rings. The first-order valence-electron chi connectivity index (χ1n) is 16.9. The molecule has 6 heteroatoms. The molecule has 0 spiro atoms. The minimum Gasteiger partial charge on any atom is -0.408 e. The van der Waals surface area contributed by atoms with Crippen LogP contribution in [0.1, 0.15) is 6.92 Å². The van der Waals surface area contributed by atoms with Gasteiger partial charge in [-0.1, -0.05) is 121 Å². The van der Waals surface area contributed by atoms with Gasteiger partial charge in [-0.15, -0.1) is 0 Å². The maximum Gasteiger partial charge on any atom is 2.00 e. The van der Waals surface area contributed by atoms with Gasteiger partial charge in [-0.25, -0.2) is 4.67 Å². The van der Waals surface area contributed by atoms with Crippen molar-refractivity contribution in [2.24, 2.45) is 0 Å². The molecule has 2 aliphatic rings. The van der Waals surface area contributed by atoms with Gasteiger partial charge in [0.05, 0.1) is 0 Å². The standard InChI is InChI=1S/C40H32NO2P2.C5H5.Fe/c1-28(33-22-13-23-38(33)44(31-16-5-3-6-17-31)32-18-7-4-8-19-32)41(2)45-42-36-26-24-29-14-9-11-20-34(29)39(36)40-35-21-12-10-15-30(35)25-27-37(40)43-45;1-2-4-5-3-1;/h3-28H,1-2H3;1-5H;/q;;+2/t28-;;/m0../s1. The molecule has 6 aromatic carbocycles. The van der Waals surface area contributed by atoms with Crippen LogP contribution in [0.4, 0.5) is 0 Å². The van der Waals surface area contributed by atoms with Crippen LogP contribution in [0.15, 0.2) is 142 Å². The van der Waals surface area contributed by atoms with Crippen LogP contribution in [0.2, 0.25) is 0 Å². The molecule has 0 unspecified atom stereocenters. The largest absolute Gasteiger partial charge is 2.00 e. The Morgan fingerprint density at radius 3 is 1.47 bits per heavy atom. The van der Waals surface area contributed by atoms with Crippen LogP contribution in [0, 0.1) is 62.9 Å². The van der Waals surface area contributed by atoms with E-state index in [1.165, 1.54) is 43.7 Å². The fraction of sp³-hybridized carbons (Fsp3) is 0.0667. The first kappa shape index (κ1) is 36.0. The third-order valence-corrected chi connectivity index (χ3v) is 13.4. The molecule has 0 bridgehead atoms. The molecule has 1 aromatic heterocycles. The minimum absolute atomic E-state index is 0. The fourth-order valence-corrected chi connectivity index (χ4v) is 10.6. The molecule has 10 radical (unpaired) electrons. The third kappa shape index (κ3) is 7.46. The van der Waals surface area contributed by atoms with Gasteiger partial charge >= 0.3 is 25.2 Å². The van der Waals surface area contributed by atoms with Crippen molar-refractivity contribution in [1.29, 1.82) is 0 Å². The number of nitrogens with zero attached hydrogens (tertiary/aromatic N) is 1. The molecule has 2 saturated carbocycles. The van der Waals surface area contributed by atoms with Crippen molar-refractivity contribution in [2.45, 2.75) is 13.0 Å². The summed E-state index contributed by atoms with van der Waals surface area (Å²) in [4.78, 5) is 0. The summed E-state index contributed by atoms with van der Waals surface area (Å²) in [5.74, 6) is 1.30. The quantitative estimate of drug-likeness (QED) is 0.126. The summed E-state index contributed by atoms with van der Waals surface area (Å²) < 4.78 is 16.1. The van der Waals surface area contributed by atoms with Gasteiger partial charge < -0.3 is 8.39 Å². The van der Waals surface area contributed by atoms with E-state index in [0.717, 1.165) is 21.9 Å². The summed E-state index contributed by atoms with van der Waals surface area (Å²) in [6.07, 6.45) is 16.8. The predicted molar refractivity (Wildman–Crippen MR) is 215 cm³/mol. The molecule has 0 aliphatic heterocycles. The van der Waals surface area contributed by atoms with Gasteiger partial charge in [0.1, 0.15) is 11.2 Å². The van der Waals surface area contributed by atoms with E-state index < -0.39 is 16.1 Å². The van der Waals surface area contributed by atoms with E-state index in [1.54, 1.807) is 0 Å². The van der Waals surface area contributed by atoms with Crippen LogP contribution in [0.25, 0.3) is 43.5 Å². The average molecular weight is 742 g/mol. The summed E-state index contributed by atoms with van der Waals surface area (Å²) in [6, 6.07) is 47.5. The number of hydrogen-bond donors (Lipinski definition) is 0. The van der Waals surface area contributed by atoms with Gasteiger partial charge in [0.25, 0.3) is 0 Å². The van der Waals surface area contributed by atoms with Crippen molar-refractivity contribution in [1.82, 2.24) is 0 Å². The van der Waals surface area contributed by atoms with Crippen molar-refractivity contribution in [2.75, 3.05) is 11.7 Å². The normalized spacial score (nSPS) is 15.8. The molecule has 1 atom stereocenters. The van der Waals surface area contributed by atoms with E-state index in [2.05, 4.69) is 171 Å². The Kier molecular flexibility index (Phi) is 11.7. The Hall–Kier alpha value is -3.35. The van der Waals surface area contributed by atoms with E-state index >= 15 is 0 Å². The fourth-order valence-electron chi connectivity index (χ4n) is 6.71. The van der Waals surface area contributed by atoms with Gasteiger partial charge in [0.2, 0.25) is 0 Å². The van der Waals surface area contributed by atoms with E-state index in [-0.39, 0.29) is 23.1 Å². The van der Waals surface area contributed by atoms with Crippen molar-refractivity contribution >= 4 is 70.2 Å².